The van der Waals surface area contributed by atoms with E-state index in [1.54, 1.807) is 18.3 Å². The summed E-state index contributed by atoms with van der Waals surface area (Å²) < 4.78 is 35.7. The number of fused-ring (bicyclic) bond motifs is 1. The first-order valence-electron chi connectivity index (χ1n) is 9.45. The van der Waals surface area contributed by atoms with Crippen LogP contribution in [0.15, 0.2) is 24.5 Å². The molecule has 1 aliphatic rings. The van der Waals surface area contributed by atoms with Gasteiger partial charge >= 0.3 is 5.92 Å². The number of aryl methyl sites for hydroxylation is 1. The van der Waals surface area contributed by atoms with Crippen molar-refractivity contribution in [2.24, 2.45) is 0 Å². The average molecular weight is 401 g/mol. The van der Waals surface area contributed by atoms with E-state index < -0.39 is 11.7 Å². The van der Waals surface area contributed by atoms with Gasteiger partial charge in [-0.1, -0.05) is 0 Å². The number of carbonyl (C=O) groups is 1. The van der Waals surface area contributed by atoms with Crippen molar-refractivity contribution in [1.82, 2.24) is 19.5 Å². The molecule has 29 heavy (non-hydrogen) atoms. The molecule has 0 atom stereocenters. The Labute approximate surface area is 166 Å². The van der Waals surface area contributed by atoms with E-state index in [1.807, 2.05) is 17.7 Å². The van der Waals surface area contributed by atoms with Crippen LogP contribution in [0, 0.1) is 0 Å². The molecule has 1 N–H and O–H groups in total. The smallest absolute Gasteiger partial charge is 0.303 e. The molecule has 0 unspecified atom stereocenters. The number of amides is 1. The lowest BCUT2D eigenvalue weighted by atomic mass is 10.1. The Bertz CT molecular complexity index is 1090. The maximum Gasteiger partial charge on any atom is 0.303 e. The number of anilines is 1. The molecule has 0 aliphatic heterocycles. The number of hydrogen-bond acceptors (Lipinski definition) is 5. The van der Waals surface area contributed by atoms with Gasteiger partial charge in [0, 0.05) is 43.6 Å². The Hall–Kier alpha value is -3.10. The van der Waals surface area contributed by atoms with Gasteiger partial charge in [-0.2, -0.15) is 13.8 Å². The summed E-state index contributed by atoms with van der Waals surface area (Å²) >= 11 is 0. The largest absolute Gasteiger partial charge is 0.474 e. The predicted molar refractivity (Wildman–Crippen MR) is 104 cm³/mol. The summed E-state index contributed by atoms with van der Waals surface area (Å²) in [5.41, 5.74) is 1.79. The van der Waals surface area contributed by atoms with E-state index in [9.17, 15) is 13.6 Å². The molecule has 3 aromatic rings. The summed E-state index contributed by atoms with van der Waals surface area (Å²) in [5, 5.41) is 3.39. The predicted octanol–water partition coefficient (Wildman–Crippen LogP) is 4.12. The van der Waals surface area contributed by atoms with E-state index >= 15 is 0 Å². The van der Waals surface area contributed by atoms with Gasteiger partial charge in [-0.25, -0.2) is 9.97 Å². The van der Waals surface area contributed by atoms with Crippen LogP contribution in [0.4, 0.5) is 14.6 Å². The molecule has 7 nitrogen and oxygen atoms in total. The minimum absolute atomic E-state index is 0.0173. The summed E-state index contributed by atoms with van der Waals surface area (Å²) in [6.45, 7) is 4.79. The second-order valence-corrected chi connectivity index (χ2v) is 7.22. The monoisotopic (exact) mass is 401 g/mol. The van der Waals surface area contributed by atoms with Crippen molar-refractivity contribution in [3.63, 3.8) is 0 Å². The molecule has 0 radical (unpaired) electrons. The van der Waals surface area contributed by atoms with Crippen LogP contribution in [0.3, 0.4) is 0 Å². The van der Waals surface area contributed by atoms with Crippen molar-refractivity contribution in [2.45, 2.75) is 52.2 Å². The molecule has 152 valence electrons. The molecular weight excluding hydrogens is 380 g/mol. The molecular formula is C20H21F2N5O2. The quantitative estimate of drug-likeness (QED) is 0.672. The molecule has 9 heteroatoms. The van der Waals surface area contributed by atoms with Crippen LogP contribution in [0.1, 0.15) is 39.4 Å². The number of nitrogens with zero attached hydrogens (tertiary/aromatic N) is 4. The Morgan fingerprint density at radius 3 is 2.72 bits per heavy atom. The maximum absolute atomic E-state index is 14.0. The molecule has 0 saturated heterocycles. The van der Waals surface area contributed by atoms with Gasteiger partial charge in [0.05, 0.1) is 17.4 Å². The lowest BCUT2D eigenvalue weighted by Gasteiger charge is -2.13. The van der Waals surface area contributed by atoms with E-state index in [4.69, 9.17) is 4.74 Å². The first-order valence-corrected chi connectivity index (χ1v) is 9.45. The fourth-order valence-electron chi connectivity index (χ4n) is 3.08. The third-order valence-corrected chi connectivity index (χ3v) is 4.60. The number of alkyl halides is 2. The van der Waals surface area contributed by atoms with Crippen LogP contribution in [-0.2, 0) is 17.3 Å². The van der Waals surface area contributed by atoms with Crippen LogP contribution < -0.4 is 10.1 Å². The SMILES string of the molecule is CCn1cc(-c2cc(OC3CC3)nc(C(C)(F)F)n2)c2cc(NC(C)=O)ncc21. The van der Waals surface area contributed by atoms with Gasteiger partial charge < -0.3 is 14.6 Å². The van der Waals surface area contributed by atoms with Crippen molar-refractivity contribution in [2.75, 3.05) is 5.32 Å². The Morgan fingerprint density at radius 2 is 2.10 bits per heavy atom. The second-order valence-electron chi connectivity index (χ2n) is 7.22. The van der Waals surface area contributed by atoms with Crippen LogP contribution in [0.2, 0.25) is 0 Å². The minimum Gasteiger partial charge on any atom is -0.474 e. The summed E-state index contributed by atoms with van der Waals surface area (Å²) in [7, 11) is 0. The first-order chi connectivity index (χ1) is 13.7. The molecule has 3 heterocycles. The van der Waals surface area contributed by atoms with Gasteiger partial charge in [0.25, 0.3) is 0 Å². The van der Waals surface area contributed by atoms with E-state index in [0.717, 1.165) is 30.7 Å². The van der Waals surface area contributed by atoms with Crippen LogP contribution in [0.25, 0.3) is 22.2 Å². The van der Waals surface area contributed by atoms with E-state index in [1.165, 1.54) is 6.92 Å². The van der Waals surface area contributed by atoms with Gasteiger partial charge in [0.1, 0.15) is 11.9 Å². The number of aromatic nitrogens is 4. The highest BCUT2D eigenvalue weighted by molar-refractivity contribution is 5.98. The minimum atomic E-state index is -3.20. The highest BCUT2D eigenvalue weighted by Gasteiger charge is 2.31. The van der Waals surface area contributed by atoms with Gasteiger partial charge in [-0.05, 0) is 25.8 Å². The van der Waals surface area contributed by atoms with E-state index in [0.29, 0.717) is 23.6 Å². The zero-order chi connectivity index (χ0) is 20.8. The van der Waals surface area contributed by atoms with Crippen molar-refractivity contribution < 1.29 is 18.3 Å². The Kier molecular flexibility index (Phi) is 4.68. The lowest BCUT2D eigenvalue weighted by molar-refractivity contribution is -0.114. The molecule has 1 saturated carbocycles. The number of ether oxygens (including phenoxy) is 1. The van der Waals surface area contributed by atoms with Gasteiger partial charge in [-0.3, -0.25) is 4.79 Å². The van der Waals surface area contributed by atoms with Crippen LogP contribution in [-0.4, -0.2) is 31.5 Å². The fraction of sp³-hybridized carbons (Fsp3) is 0.400. The highest BCUT2D eigenvalue weighted by atomic mass is 19.3. The number of hydrogen-bond donors (Lipinski definition) is 1. The molecule has 0 bridgehead atoms. The zero-order valence-electron chi connectivity index (χ0n) is 16.4. The van der Waals surface area contributed by atoms with Gasteiger partial charge in [0.2, 0.25) is 17.6 Å². The maximum atomic E-state index is 14.0. The summed E-state index contributed by atoms with van der Waals surface area (Å²) in [4.78, 5) is 23.7. The number of rotatable bonds is 6. The standard InChI is InChI=1S/C20H21F2N5O2/c1-4-27-10-14(13-7-17(24-11(2)28)23-9-16(13)27)15-8-18(29-12-5-6-12)26-19(25-15)20(3,21)22/h7-10,12H,4-6H2,1-3H3,(H,23,24,28). The van der Waals surface area contributed by atoms with Crippen molar-refractivity contribution in [3.05, 3.63) is 30.4 Å². The van der Waals surface area contributed by atoms with Gasteiger partial charge in [-0.15, -0.1) is 0 Å². The summed E-state index contributed by atoms with van der Waals surface area (Å²) in [5.74, 6) is -3.52. The summed E-state index contributed by atoms with van der Waals surface area (Å²) in [6.07, 6.45) is 5.27. The van der Waals surface area contributed by atoms with Crippen molar-refractivity contribution in [3.8, 4) is 17.1 Å². The normalized spacial score (nSPS) is 14.2. The molecule has 1 amide bonds. The third kappa shape index (κ3) is 4.03. The molecule has 1 fully saturated rings. The third-order valence-electron chi connectivity index (χ3n) is 4.60. The average Bonchev–Trinajstić information content (AvgIpc) is 3.38. The zero-order valence-corrected chi connectivity index (χ0v) is 16.4. The molecule has 3 aromatic heterocycles. The van der Waals surface area contributed by atoms with Gasteiger partial charge in [0.15, 0.2) is 0 Å². The van der Waals surface area contributed by atoms with Crippen molar-refractivity contribution in [1.29, 1.82) is 0 Å². The number of halogens is 2. The molecule has 0 spiro atoms. The van der Waals surface area contributed by atoms with Crippen LogP contribution >= 0.6 is 0 Å². The van der Waals surface area contributed by atoms with Crippen LogP contribution in [0.5, 0.6) is 5.88 Å². The highest BCUT2D eigenvalue weighted by Crippen LogP contribution is 2.35. The molecule has 0 aromatic carbocycles. The summed E-state index contributed by atoms with van der Waals surface area (Å²) in [6, 6.07) is 3.30. The number of pyridine rings is 1. The van der Waals surface area contributed by atoms with E-state index in [-0.39, 0.29) is 17.9 Å². The number of carbonyl (C=O) groups excluding carboxylic acids is 1. The second kappa shape index (κ2) is 7.06. The number of nitrogens with one attached hydrogen (secondary N) is 1. The fourth-order valence-corrected chi connectivity index (χ4v) is 3.08. The van der Waals surface area contributed by atoms with Crippen molar-refractivity contribution >= 4 is 22.6 Å². The first kappa shape index (κ1) is 19.2. The molecule has 4 rings (SSSR count). The molecule has 1 aliphatic carbocycles. The van der Waals surface area contributed by atoms with E-state index in [2.05, 4.69) is 20.3 Å². The lowest BCUT2D eigenvalue weighted by Crippen LogP contribution is -2.14. The Balaban J connectivity index is 1.89. The Morgan fingerprint density at radius 1 is 1.34 bits per heavy atom. The topological polar surface area (TPSA) is 81.9 Å².